The molecule has 0 spiro atoms. The molecular formula is C10H10N2S2. The van der Waals surface area contributed by atoms with Crippen molar-refractivity contribution in [2.24, 2.45) is 0 Å². The first-order valence-corrected chi connectivity index (χ1v) is 6.35. The number of hydrogen-bond donors (Lipinski definition) is 1. The summed E-state index contributed by atoms with van der Waals surface area (Å²) in [4.78, 5) is 1.47. The minimum absolute atomic E-state index is 0.387. The third kappa shape index (κ3) is 1.30. The summed E-state index contributed by atoms with van der Waals surface area (Å²) in [5, 5.41) is 7.86. The van der Waals surface area contributed by atoms with E-state index in [4.69, 9.17) is 0 Å². The zero-order valence-corrected chi connectivity index (χ0v) is 9.20. The summed E-state index contributed by atoms with van der Waals surface area (Å²) < 4.78 is 4.16. The SMILES string of the molecule is c1cc2c(s1)C(c1cnsc1)NCC2. The minimum Gasteiger partial charge on any atom is -0.305 e. The van der Waals surface area contributed by atoms with Crippen LogP contribution < -0.4 is 5.32 Å². The van der Waals surface area contributed by atoms with Gasteiger partial charge in [-0.1, -0.05) is 0 Å². The molecule has 1 unspecified atom stereocenters. The molecule has 1 aliphatic heterocycles. The summed E-state index contributed by atoms with van der Waals surface area (Å²) in [5.74, 6) is 0. The molecule has 0 aromatic carbocycles. The van der Waals surface area contributed by atoms with Crippen LogP contribution in [0.5, 0.6) is 0 Å². The van der Waals surface area contributed by atoms with Crippen molar-refractivity contribution in [2.75, 3.05) is 6.54 Å². The Kier molecular flexibility index (Phi) is 2.12. The van der Waals surface area contributed by atoms with Crippen molar-refractivity contribution in [1.29, 1.82) is 0 Å². The molecular weight excluding hydrogens is 212 g/mol. The third-order valence-corrected chi connectivity index (χ3v) is 4.20. The predicted octanol–water partition coefficient (Wildman–Crippen LogP) is 2.44. The maximum absolute atomic E-state index is 4.16. The van der Waals surface area contributed by atoms with Crippen LogP contribution in [-0.2, 0) is 6.42 Å². The van der Waals surface area contributed by atoms with E-state index in [-0.39, 0.29) is 0 Å². The second kappa shape index (κ2) is 3.46. The van der Waals surface area contributed by atoms with E-state index >= 15 is 0 Å². The van der Waals surface area contributed by atoms with Gasteiger partial charge in [0.05, 0.1) is 6.04 Å². The highest BCUT2D eigenvalue weighted by atomic mass is 32.1. The Hall–Kier alpha value is -0.710. The molecule has 2 aromatic rings. The van der Waals surface area contributed by atoms with Crippen molar-refractivity contribution in [2.45, 2.75) is 12.5 Å². The topological polar surface area (TPSA) is 24.9 Å². The molecule has 0 bridgehead atoms. The van der Waals surface area contributed by atoms with Crippen molar-refractivity contribution in [3.05, 3.63) is 39.0 Å². The Balaban J connectivity index is 2.04. The largest absolute Gasteiger partial charge is 0.305 e. The van der Waals surface area contributed by atoms with Crippen LogP contribution in [0.3, 0.4) is 0 Å². The quantitative estimate of drug-likeness (QED) is 0.801. The van der Waals surface area contributed by atoms with Crippen LogP contribution in [0.2, 0.25) is 0 Å². The van der Waals surface area contributed by atoms with E-state index in [0.717, 1.165) is 13.0 Å². The normalized spacial score (nSPS) is 20.7. The Morgan fingerprint density at radius 1 is 1.50 bits per heavy atom. The molecule has 2 aromatic heterocycles. The highest BCUT2D eigenvalue weighted by Crippen LogP contribution is 2.32. The molecule has 0 radical (unpaired) electrons. The van der Waals surface area contributed by atoms with Crippen molar-refractivity contribution in [1.82, 2.24) is 9.69 Å². The molecule has 1 atom stereocenters. The van der Waals surface area contributed by atoms with Crippen LogP contribution in [0.15, 0.2) is 23.0 Å². The zero-order valence-electron chi connectivity index (χ0n) is 7.56. The van der Waals surface area contributed by atoms with E-state index in [1.165, 1.54) is 27.5 Å². The monoisotopic (exact) mass is 222 g/mol. The minimum atomic E-state index is 0.387. The van der Waals surface area contributed by atoms with Gasteiger partial charge in [-0.3, -0.25) is 0 Å². The number of thiophene rings is 1. The first-order valence-electron chi connectivity index (χ1n) is 4.64. The molecule has 4 heteroatoms. The lowest BCUT2D eigenvalue weighted by Gasteiger charge is -2.22. The molecule has 0 saturated carbocycles. The molecule has 2 nitrogen and oxygen atoms in total. The fourth-order valence-corrected chi connectivity index (χ4v) is 3.49. The van der Waals surface area contributed by atoms with Crippen LogP contribution >= 0.6 is 22.9 Å². The Labute approximate surface area is 90.8 Å². The van der Waals surface area contributed by atoms with Gasteiger partial charge >= 0.3 is 0 Å². The summed E-state index contributed by atoms with van der Waals surface area (Å²) in [5.41, 5.74) is 2.81. The van der Waals surface area contributed by atoms with Gasteiger partial charge in [-0.2, -0.15) is 0 Å². The summed E-state index contributed by atoms with van der Waals surface area (Å²) in [6.07, 6.45) is 3.13. The van der Waals surface area contributed by atoms with Crippen molar-refractivity contribution >= 4 is 22.9 Å². The van der Waals surface area contributed by atoms with E-state index < -0.39 is 0 Å². The lowest BCUT2D eigenvalue weighted by atomic mass is 10.0. The summed E-state index contributed by atoms with van der Waals surface area (Å²) in [7, 11) is 0. The molecule has 3 heterocycles. The molecule has 14 heavy (non-hydrogen) atoms. The number of aromatic nitrogens is 1. The van der Waals surface area contributed by atoms with Gasteiger partial charge in [0, 0.05) is 28.6 Å². The van der Waals surface area contributed by atoms with Gasteiger partial charge in [-0.25, -0.2) is 4.37 Å². The smallest absolute Gasteiger partial charge is 0.0697 e. The molecule has 1 N–H and O–H groups in total. The lowest BCUT2D eigenvalue weighted by molar-refractivity contribution is 0.579. The highest BCUT2D eigenvalue weighted by molar-refractivity contribution is 7.10. The Bertz CT molecular complexity index is 419. The highest BCUT2D eigenvalue weighted by Gasteiger charge is 2.22. The molecule has 3 rings (SSSR count). The van der Waals surface area contributed by atoms with Crippen molar-refractivity contribution in [3.8, 4) is 0 Å². The van der Waals surface area contributed by atoms with Crippen molar-refractivity contribution < 1.29 is 0 Å². The number of nitrogens with zero attached hydrogens (tertiary/aromatic N) is 1. The number of hydrogen-bond acceptors (Lipinski definition) is 4. The third-order valence-electron chi connectivity index (χ3n) is 2.57. The molecule has 72 valence electrons. The van der Waals surface area contributed by atoms with Crippen LogP contribution in [0, 0.1) is 0 Å². The molecule has 0 fully saturated rings. The van der Waals surface area contributed by atoms with Gasteiger partial charge in [0.15, 0.2) is 0 Å². The fraction of sp³-hybridized carbons (Fsp3) is 0.300. The standard InChI is InChI=1S/C10H10N2S2/c1-3-11-9(8-5-12-14-6-8)10-7(1)2-4-13-10/h2,4-6,9,11H,1,3H2. The van der Waals surface area contributed by atoms with Gasteiger partial charge in [0.1, 0.15) is 0 Å². The molecule has 0 amide bonds. The molecule has 0 saturated heterocycles. The van der Waals surface area contributed by atoms with E-state index in [1.54, 1.807) is 0 Å². The van der Waals surface area contributed by atoms with Gasteiger partial charge in [0.2, 0.25) is 0 Å². The second-order valence-corrected chi connectivity index (χ2v) is 5.01. The van der Waals surface area contributed by atoms with Crippen LogP contribution in [-0.4, -0.2) is 10.9 Å². The number of fused-ring (bicyclic) bond motifs is 1. The Morgan fingerprint density at radius 2 is 2.50 bits per heavy atom. The number of nitrogens with one attached hydrogen (secondary N) is 1. The van der Waals surface area contributed by atoms with Gasteiger partial charge in [0.25, 0.3) is 0 Å². The van der Waals surface area contributed by atoms with Crippen LogP contribution in [0.25, 0.3) is 0 Å². The average Bonchev–Trinajstić information content (AvgIpc) is 2.88. The maximum Gasteiger partial charge on any atom is 0.0697 e. The van der Waals surface area contributed by atoms with E-state index in [0.29, 0.717) is 6.04 Å². The second-order valence-electron chi connectivity index (χ2n) is 3.40. The van der Waals surface area contributed by atoms with Gasteiger partial charge in [-0.05, 0) is 35.0 Å². The predicted molar refractivity (Wildman–Crippen MR) is 60.0 cm³/mol. The summed E-state index contributed by atoms with van der Waals surface area (Å²) >= 11 is 3.37. The first kappa shape index (κ1) is 8.59. The number of rotatable bonds is 1. The van der Waals surface area contributed by atoms with E-state index in [2.05, 4.69) is 26.5 Å². The van der Waals surface area contributed by atoms with Gasteiger partial charge < -0.3 is 5.32 Å². The van der Waals surface area contributed by atoms with Crippen LogP contribution in [0.4, 0.5) is 0 Å². The van der Waals surface area contributed by atoms with Crippen LogP contribution in [0.1, 0.15) is 22.0 Å². The fourth-order valence-electron chi connectivity index (χ4n) is 1.88. The summed E-state index contributed by atoms with van der Waals surface area (Å²) in [6, 6.07) is 2.63. The molecule has 1 aliphatic rings. The first-order chi connectivity index (χ1) is 6.95. The Morgan fingerprint density at radius 3 is 3.36 bits per heavy atom. The maximum atomic E-state index is 4.16. The van der Waals surface area contributed by atoms with E-state index in [1.807, 2.05) is 17.5 Å². The van der Waals surface area contributed by atoms with Crippen molar-refractivity contribution in [3.63, 3.8) is 0 Å². The summed E-state index contributed by atoms with van der Waals surface area (Å²) in [6.45, 7) is 1.07. The molecule has 0 aliphatic carbocycles. The average molecular weight is 222 g/mol. The van der Waals surface area contributed by atoms with Gasteiger partial charge in [-0.15, -0.1) is 11.3 Å². The van der Waals surface area contributed by atoms with E-state index in [9.17, 15) is 0 Å². The lowest BCUT2D eigenvalue weighted by Crippen LogP contribution is -2.28. The zero-order chi connectivity index (χ0) is 9.38.